The summed E-state index contributed by atoms with van der Waals surface area (Å²) in [6.07, 6.45) is 3.52. The summed E-state index contributed by atoms with van der Waals surface area (Å²) in [5.74, 6) is -0.420. The number of rotatable bonds is 3. The standard InChI is InChI=1S/C10H15N5O3/c16-9(17)7-3-1-2-4-15(7)10(18)11-5-8-12-6-13-14-8/h6-7H,1-5H2,(H,11,18)(H,16,17)(H,12,13,14). The molecule has 0 spiro atoms. The molecule has 98 valence electrons. The normalized spacial score (nSPS) is 19.6. The smallest absolute Gasteiger partial charge is 0.326 e. The minimum atomic E-state index is -0.954. The Labute approximate surface area is 103 Å². The van der Waals surface area contributed by atoms with E-state index in [9.17, 15) is 9.59 Å². The van der Waals surface area contributed by atoms with Gasteiger partial charge >= 0.3 is 12.0 Å². The Morgan fingerprint density at radius 2 is 2.39 bits per heavy atom. The lowest BCUT2D eigenvalue weighted by molar-refractivity contribution is -0.143. The van der Waals surface area contributed by atoms with Gasteiger partial charge in [-0.3, -0.25) is 5.10 Å². The largest absolute Gasteiger partial charge is 0.480 e. The molecular formula is C10H15N5O3. The van der Waals surface area contributed by atoms with E-state index in [2.05, 4.69) is 20.5 Å². The maximum absolute atomic E-state index is 11.9. The molecule has 1 fully saturated rings. The van der Waals surface area contributed by atoms with E-state index in [1.165, 1.54) is 11.2 Å². The van der Waals surface area contributed by atoms with E-state index in [1.54, 1.807) is 0 Å². The molecule has 1 aliphatic heterocycles. The van der Waals surface area contributed by atoms with Crippen LogP contribution in [0, 0.1) is 0 Å². The van der Waals surface area contributed by atoms with Crippen molar-refractivity contribution in [3.63, 3.8) is 0 Å². The molecule has 1 saturated heterocycles. The molecule has 8 heteroatoms. The molecule has 0 aliphatic carbocycles. The van der Waals surface area contributed by atoms with Crippen LogP contribution < -0.4 is 5.32 Å². The van der Waals surface area contributed by atoms with Gasteiger partial charge in [0.25, 0.3) is 0 Å². The molecule has 1 atom stereocenters. The van der Waals surface area contributed by atoms with Crippen molar-refractivity contribution in [3.8, 4) is 0 Å². The fraction of sp³-hybridized carbons (Fsp3) is 0.600. The molecule has 0 saturated carbocycles. The van der Waals surface area contributed by atoms with Gasteiger partial charge in [0.05, 0.1) is 6.54 Å². The number of nitrogens with one attached hydrogen (secondary N) is 2. The van der Waals surface area contributed by atoms with E-state index in [1.807, 2.05) is 0 Å². The van der Waals surface area contributed by atoms with E-state index in [-0.39, 0.29) is 12.6 Å². The van der Waals surface area contributed by atoms with Crippen LogP contribution in [0.15, 0.2) is 6.33 Å². The zero-order valence-electron chi connectivity index (χ0n) is 9.80. The van der Waals surface area contributed by atoms with Gasteiger partial charge in [0.15, 0.2) is 0 Å². The lowest BCUT2D eigenvalue weighted by atomic mass is 10.0. The number of hydrogen-bond donors (Lipinski definition) is 3. The summed E-state index contributed by atoms with van der Waals surface area (Å²) < 4.78 is 0. The predicted octanol–water partition coefficient (Wildman–Crippen LogP) is -0.0466. The molecule has 1 aliphatic rings. The van der Waals surface area contributed by atoms with Gasteiger partial charge in [0.2, 0.25) is 0 Å². The third kappa shape index (κ3) is 2.76. The molecule has 1 aromatic heterocycles. The van der Waals surface area contributed by atoms with E-state index in [0.717, 1.165) is 12.8 Å². The molecule has 18 heavy (non-hydrogen) atoms. The molecule has 1 aromatic rings. The number of urea groups is 1. The van der Waals surface area contributed by atoms with E-state index >= 15 is 0 Å². The third-order valence-corrected chi connectivity index (χ3v) is 2.92. The summed E-state index contributed by atoms with van der Waals surface area (Å²) in [7, 11) is 0. The molecule has 0 bridgehead atoms. The molecule has 1 unspecified atom stereocenters. The SMILES string of the molecule is O=C(O)C1CCCCN1C(=O)NCc1ncn[nH]1. The molecule has 8 nitrogen and oxygen atoms in total. The van der Waals surface area contributed by atoms with Gasteiger partial charge in [-0.1, -0.05) is 0 Å². The molecule has 2 rings (SSSR count). The van der Waals surface area contributed by atoms with Crippen molar-refractivity contribution < 1.29 is 14.7 Å². The minimum Gasteiger partial charge on any atom is -0.480 e. The Balaban J connectivity index is 1.92. The summed E-state index contributed by atoms with van der Waals surface area (Å²) in [5.41, 5.74) is 0. The quantitative estimate of drug-likeness (QED) is 0.699. The van der Waals surface area contributed by atoms with E-state index in [4.69, 9.17) is 5.11 Å². The number of nitrogens with zero attached hydrogens (tertiary/aromatic N) is 3. The van der Waals surface area contributed by atoms with Crippen LogP contribution in [0.4, 0.5) is 4.79 Å². The topological polar surface area (TPSA) is 111 Å². The van der Waals surface area contributed by atoms with Crippen molar-refractivity contribution in [1.82, 2.24) is 25.4 Å². The second-order valence-corrected chi connectivity index (χ2v) is 4.13. The van der Waals surface area contributed by atoms with Gasteiger partial charge in [-0.05, 0) is 19.3 Å². The highest BCUT2D eigenvalue weighted by Crippen LogP contribution is 2.17. The van der Waals surface area contributed by atoms with Gasteiger partial charge in [0, 0.05) is 6.54 Å². The number of likely N-dealkylation sites (tertiary alicyclic amines) is 1. The van der Waals surface area contributed by atoms with Crippen molar-refractivity contribution in [2.45, 2.75) is 31.8 Å². The van der Waals surface area contributed by atoms with Crippen LogP contribution in [-0.4, -0.2) is 49.8 Å². The Bertz CT molecular complexity index is 419. The van der Waals surface area contributed by atoms with Gasteiger partial charge < -0.3 is 15.3 Å². The number of carbonyl (C=O) groups excluding carboxylic acids is 1. The first kappa shape index (κ1) is 12.3. The first-order valence-electron chi connectivity index (χ1n) is 5.80. The van der Waals surface area contributed by atoms with Gasteiger partial charge in [-0.25, -0.2) is 14.6 Å². The van der Waals surface area contributed by atoms with Crippen LogP contribution in [0.25, 0.3) is 0 Å². The van der Waals surface area contributed by atoms with E-state index in [0.29, 0.717) is 18.8 Å². The maximum atomic E-state index is 11.9. The van der Waals surface area contributed by atoms with Crippen molar-refractivity contribution in [3.05, 3.63) is 12.2 Å². The average Bonchev–Trinajstić information content (AvgIpc) is 2.89. The molecule has 2 amide bonds. The molecule has 0 radical (unpaired) electrons. The lowest BCUT2D eigenvalue weighted by Crippen LogP contribution is -2.51. The van der Waals surface area contributed by atoms with Crippen molar-refractivity contribution in [2.75, 3.05) is 6.54 Å². The Kier molecular flexibility index (Phi) is 3.75. The second kappa shape index (κ2) is 5.48. The number of carboxylic acid groups (broad SMARTS) is 1. The Morgan fingerprint density at radius 3 is 3.06 bits per heavy atom. The monoisotopic (exact) mass is 253 g/mol. The minimum absolute atomic E-state index is 0.210. The molecular weight excluding hydrogens is 238 g/mol. The van der Waals surface area contributed by atoms with Crippen molar-refractivity contribution >= 4 is 12.0 Å². The summed E-state index contributed by atoms with van der Waals surface area (Å²) in [6, 6.07) is -1.10. The van der Waals surface area contributed by atoms with Crippen molar-refractivity contribution in [2.24, 2.45) is 0 Å². The average molecular weight is 253 g/mol. The lowest BCUT2D eigenvalue weighted by Gasteiger charge is -2.32. The number of aromatic nitrogens is 3. The van der Waals surface area contributed by atoms with Crippen LogP contribution in [0.2, 0.25) is 0 Å². The van der Waals surface area contributed by atoms with Crippen LogP contribution in [0.3, 0.4) is 0 Å². The highest BCUT2D eigenvalue weighted by Gasteiger charge is 2.31. The number of aliphatic carboxylic acids is 1. The Hall–Kier alpha value is -2.12. The van der Waals surface area contributed by atoms with Crippen LogP contribution in [-0.2, 0) is 11.3 Å². The highest BCUT2D eigenvalue weighted by atomic mass is 16.4. The van der Waals surface area contributed by atoms with Crippen molar-refractivity contribution in [1.29, 1.82) is 0 Å². The number of H-pyrrole nitrogens is 1. The van der Waals surface area contributed by atoms with Crippen LogP contribution in [0.5, 0.6) is 0 Å². The number of aromatic amines is 1. The summed E-state index contributed by atoms with van der Waals surface area (Å²) >= 11 is 0. The number of amides is 2. The number of carboxylic acids is 1. The van der Waals surface area contributed by atoms with Crippen LogP contribution >= 0.6 is 0 Å². The zero-order chi connectivity index (χ0) is 13.0. The van der Waals surface area contributed by atoms with Gasteiger partial charge in [0.1, 0.15) is 18.2 Å². The first-order valence-corrected chi connectivity index (χ1v) is 5.80. The van der Waals surface area contributed by atoms with E-state index < -0.39 is 12.0 Å². The fourth-order valence-corrected chi connectivity index (χ4v) is 2.01. The molecule has 2 heterocycles. The molecule has 0 aromatic carbocycles. The van der Waals surface area contributed by atoms with Crippen LogP contribution in [0.1, 0.15) is 25.1 Å². The zero-order valence-corrected chi connectivity index (χ0v) is 9.80. The fourth-order valence-electron chi connectivity index (χ4n) is 2.01. The summed E-state index contributed by atoms with van der Waals surface area (Å²) in [6.45, 7) is 0.681. The summed E-state index contributed by atoms with van der Waals surface area (Å²) in [5, 5.41) is 18.0. The number of carbonyl (C=O) groups is 2. The maximum Gasteiger partial charge on any atom is 0.326 e. The second-order valence-electron chi connectivity index (χ2n) is 4.13. The molecule has 3 N–H and O–H groups in total. The Morgan fingerprint density at radius 1 is 1.56 bits per heavy atom. The van der Waals surface area contributed by atoms with Gasteiger partial charge in [-0.2, -0.15) is 5.10 Å². The number of piperidine rings is 1. The summed E-state index contributed by atoms with van der Waals surface area (Å²) in [4.78, 5) is 28.2. The predicted molar refractivity (Wildman–Crippen MR) is 60.6 cm³/mol. The van der Waals surface area contributed by atoms with Gasteiger partial charge in [-0.15, -0.1) is 0 Å². The highest BCUT2D eigenvalue weighted by molar-refractivity contribution is 5.82. The third-order valence-electron chi connectivity index (χ3n) is 2.92. The first-order chi connectivity index (χ1) is 8.68. The number of hydrogen-bond acceptors (Lipinski definition) is 4.